The van der Waals surface area contributed by atoms with Crippen molar-refractivity contribution in [2.24, 2.45) is 5.92 Å². The molecular formula is C20H30N2O4S. The summed E-state index contributed by atoms with van der Waals surface area (Å²) in [7, 11) is -3.16. The van der Waals surface area contributed by atoms with E-state index in [0.717, 1.165) is 12.8 Å². The maximum absolute atomic E-state index is 12.7. The van der Waals surface area contributed by atoms with Crippen molar-refractivity contribution in [3.05, 3.63) is 35.9 Å². The molecule has 3 rings (SSSR count). The largest absolute Gasteiger partial charge is 0.381 e. The SMILES string of the molecule is CCS(=O)(=O)N1CCC(C(=O)NCC2(c3ccccc3)CCOCC2)CC1. The summed E-state index contributed by atoms with van der Waals surface area (Å²) in [6, 6.07) is 10.3. The van der Waals surface area contributed by atoms with E-state index >= 15 is 0 Å². The second-order valence-electron chi connectivity index (χ2n) is 7.55. The van der Waals surface area contributed by atoms with Gasteiger partial charge in [-0.2, -0.15) is 0 Å². The van der Waals surface area contributed by atoms with Crippen LogP contribution in [0.25, 0.3) is 0 Å². The molecule has 2 saturated heterocycles. The molecule has 0 atom stereocenters. The summed E-state index contributed by atoms with van der Waals surface area (Å²) < 4.78 is 31.0. The number of nitrogens with zero attached hydrogens (tertiary/aromatic N) is 1. The predicted molar refractivity (Wildman–Crippen MR) is 105 cm³/mol. The summed E-state index contributed by atoms with van der Waals surface area (Å²) in [4.78, 5) is 12.7. The molecule has 1 N–H and O–H groups in total. The monoisotopic (exact) mass is 394 g/mol. The number of hydrogen-bond acceptors (Lipinski definition) is 4. The molecule has 0 aliphatic carbocycles. The zero-order valence-electron chi connectivity index (χ0n) is 16.0. The Labute approximate surface area is 162 Å². The van der Waals surface area contributed by atoms with Crippen LogP contribution >= 0.6 is 0 Å². The van der Waals surface area contributed by atoms with E-state index in [4.69, 9.17) is 4.74 Å². The van der Waals surface area contributed by atoms with Crippen molar-refractivity contribution in [1.82, 2.24) is 9.62 Å². The lowest BCUT2D eigenvalue weighted by molar-refractivity contribution is -0.126. The number of nitrogens with one attached hydrogen (secondary N) is 1. The number of rotatable bonds is 6. The summed E-state index contributed by atoms with van der Waals surface area (Å²) in [5.74, 6) is 0.0530. The van der Waals surface area contributed by atoms with Crippen LogP contribution in [0.4, 0.5) is 0 Å². The Kier molecular flexibility index (Phi) is 6.55. The van der Waals surface area contributed by atoms with Gasteiger partial charge in [-0.1, -0.05) is 30.3 Å². The first kappa shape index (κ1) is 20.3. The van der Waals surface area contributed by atoms with Gasteiger partial charge in [0.25, 0.3) is 0 Å². The van der Waals surface area contributed by atoms with Gasteiger partial charge in [0, 0.05) is 44.2 Å². The topological polar surface area (TPSA) is 75.7 Å². The van der Waals surface area contributed by atoms with Crippen LogP contribution in [0.15, 0.2) is 30.3 Å². The normalized spacial score (nSPS) is 21.7. The minimum atomic E-state index is -3.16. The highest BCUT2D eigenvalue weighted by atomic mass is 32.2. The fourth-order valence-corrected chi connectivity index (χ4v) is 5.23. The third kappa shape index (κ3) is 4.70. The van der Waals surface area contributed by atoms with E-state index in [1.165, 1.54) is 9.87 Å². The Balaban J connectivity index is 1.59. The van der Waals surface area contributed by atoms with E-state index in [1.807, 2.05) is 18.2 Å². The smallest absolute Gasteiger partial charge is 0.223 e. The minimum Gasteiger partial charge on any atom is -0.381 e. The summed E-state index contributed by atoms with van der Waals surface area (Å²) in [5.41, 5.74) is 1.17. The molecule has 0 aromatic heterocycles. The Morgan fingerprint density at radius 2 is 1.81 bits per heavy atom. The van der Waals surface area contributed by atoms with Gasteiger partial charge in [0.1, 0.15) is 0 Å². The van der Waals surface area contributed by atoms with E-state index in [1.54, 1.807) is 6.92 Å². The van der Waals surface area contributed by atoms with E-state index < -0.39 is 10.0 Å². The van der Waals surface area contributed by atoms with Crippen LogP contribution < -0.4 is 5.32 Å². The molecular weight excluding hydrogens is 364 g/mol. The van der Waals surface area contributed by atoms with Gasteiger partial charge < -0.3 is 10.1 Å². The van der Waals surface area contributed by atoms with Crippen LogP contribution in [-0.4, -0.2) is 57.2 Å². The van der Waals surface area contributed by atoms with Gasteiger partial charge in [-0.05, 0) is 38.2 Å². The fraction of sp³-hybridized carbons (Fsp3) is 0.650. The first-order chi connectivity index (χ1) is 13.0. The third-order valence-corrected chi connectivity index (χ3v) is 7.90. The number of hydrogen-bond donors (Lipinski definition) is 1. The molecule has 6 nitrogen and oxygen atoms in total. The number of benzene rings is 1. The van der Waals surface area contributed by atoms with Crippen molar-refractivity contribution < 1.29 is 17.9 Å². The van der Waals surface area contributed by atoms with E-state index in [0.29, 0.717) is 45.7 Å². The van der Waals surface area contributed by atoms with E-state index in [2.05, 4.69) is 17.4 Å². The Morgan fingerprint density at radius 3 is 2.41 bits per heavy atom. The quantitative estimate of drug-likeness (QED) is 0.800. The van der Waals surface area contributed by atoms with Crippen LogP contribution in [0.2, 0.25) is 0 Å². The van der Waals surface area contributed by atoms with Crippen molar-refractivity contribution >= 4 is 15.9 Å². The van der Waals surface area contributed by atoms with Crippen LogP contribution in [0.3, 0.4) is 0 Å². The summed E-state index contributed by atoms with van der Waals surface area (Å²) >= 11 is 0. The van der Waals surface area contributed by atoms with Gasteiger partial charge >= 0.3 is 0 Å². The van der Waals surface area contributed by atoms with Gasteiger partial charge in [0.15, 0.2) is 0 Å². The number of amides is 1. The predicted octanol–water partition coefficient (Wildman–Crippen LogP) is 1.91. The molecule has 150 valence electrons. The molecule has 7 heteroatoms. The minimum absolute atomic E-state index is 0.0466. The molecule has 0 unspecified atom stereocenters. The third-order valence-electron chi connectivity index (χ3n) is 6.02. The zero-order valence-corrected chi connectivity index (χ0v) is 16.8. The number of carbonyl (C=O) groups is 1. The lowest BCUT2D eigenvalue weighted by Crippen LogP contribution is -2.48. The van der Waals surface area contributed by atoms with Crippen LogP contribution in [0.5, 0.6) is 0 Å². The van der Waals surface area contributed by atoms with Crippen LogP contribution in [0.1, 0.15) is 38.2 Å². The van der Waals surface area contributed by atoms with Crippen LogP contribution in [-0.2, 0) is 25.0 Å². The first-order valence-corrected chi connectivity index (χ1v) is 11.5. The molecule has 2 heterocycles. The number of carbonyl (C=O) groups excluding carboxylic acids is 1. The van der Waals surface area contributed by atoms with Crippen molar-refractivity contribution in [1.29, 1.82) is 0 Å². The van der Waals surface area contributed by atoms with Gasteiger partial charge in [-0.15, -0.1) is 0 Å². The van der Waals surface area contributed by atoms with Crippen LogP contribution in [0, 0.1) is 5.92 Å². The second kappa shape index (κ2) is 8.71. The lowest BCUT2D eigenvalue weighted by Gasteiger charge is -2.38. The molecule has 1 aromatic carbocycles. The van der Waals surface area contributed by atoms with Gasteiger partial charge in [-0.3, -0.25) is 4.79 Å². The molecule has 0 radical (unpaired) electrons. The fourth-order valence-electron chi connectivity index (χ4n) is 4.10. The molecule has 1 amide bonds. The molecule has 2 fully saturated rings. The average molecular weight is 395 g/mol. The highest BCUT2D eigenvalue weighted by molar-refractivity contribution is 7.89. The molecule has 27 heavy (non-hydrogen) atoms. The van der Waals surface area contributed by atoms with Gasteiger partial charge in [-0.25, -0.2) is 12.7 Å². The van der Waals surface area contributed by atoms with Gasteiger partial charge in [0.2, 0.25) is 15.9 Å². The van der Waals surface area contributed by atoms with Crippen molar-refractivity contribution in [3.63, 3.8) is 0 Å². The molecule has 1 aromatic rings. The molecule has 0 spiro atoms. The highest BCUT2D eigenvalue weighted by Crippen LogP contribution is 2.34. The second-order valence-corrected chi connectivity index (χ2v) is 9.81. The summed E-state index contributed by atoms with van der Waals surface area (Å²) in [6.07, 6.45) is 2.97. The van der Waals surface area contributed by atoms with E-state index in [-0.39, 0.29) is 23.0 Å². The number of ether oxygens (including phenoxy) is 1. The average Bonchev–Trinajstić information content (AvgIpc) is 2.73. The maximum Gasteiger partial charge on any atom is 0.223 e. The van der Waals surface area contributed by atoms with Crippen molar-refractivity contribution in [2.45, 2.75) is 38.0 Å². The molecule has 0 bridgehead atoms. The number of piperidine rings is 1. The molecule has 2 aliphatic heterocycles. The zero-order chi connectivity index (χ0) is 19.3. The lowest BCUT2D eigenvalue weighted by atomic mass is 9.74. The summed E-state index contributed by atoms with van der Waals surface area (Å²) in [6.45, 7) is 4.55. The number of sulfonamides is 1. The highest BCUT2D eigenvalue weighted by Gasteiger charge is 2.36. The van der Waals surface area contributed by atoms with Gasteiger partial charge in [0.05, 0.1) is 5.75 Å². The van der Waals surface area contributed by atoms with Crippen molar-refractivity contribution in [3.8, 4) is 0 Å². The molecule has 0 saturated carbocycles. The maximum atomic E-state index is 12.7. The first-order valence-electron chi connectivity index (χ1n) is 9.86. The Bertz CT molecular complexity index is 722. The summed E-state index contributed by atoms with van der Waals surface area (Å²) in [5, 5.41) is 3.17. The Morgan fingerprint density at radius 1 is 1.19 bits per heavy atom. The Hall–Kier alpha value is -1.44. The van der Waals surface area contributed by atoms with Crippen molar-refractivity contribution in [2.75, 3.05) is 38.6 Å². The molecule has 2 aliphatic rings. The standard InChI is InChI=1S/C20H30N2O4S/c1-2-27(24,25)22-12-8-17(9-13-22)19(23)21-16-20(10-14-26-15-11-20)18-6-4-3-5-7-18/h3-7,17H,2,8-16H2,1H3,(H,21,23). The van der Waals surface area contributed by atoms with E-state index in [9.17, 15) is 13.2 Å².